The van der Waals surface area contributed by atoms with Crippen molar-refractivity contribution in [3.05, 3.63) is 32.7 Å². The Morgan fingerprint density at radius 3 is 2.50 bits per heavy atom. The topological polar surface area (TPSA) is 46.6 Å². The third-order valence-electron chi connectivity index (χ3n) is 2.57. The number of rotatable bonds is 6. The highest BCUT2D eigenvalue weighted by molar-refractivity contribution is 9.11. The van der Waals surface area contributed by atoms with Crippen molar-refractivity contribution < 1.29 is 14.3 Å². The lowest BCUT2D eigenvalue weighted by Crippen LogP contribution is -2.37. The maximum atomic E-state index is 12.5. The van der Waals surface area contributed by atoms with E-state index in [1.54, 1.807) is 19.1 Å². The Morgan fingerprint density at radius 2 is 1.95 bits per heavy atom. The van der Waals surface area contributed by atoms with Crippen LogP contribution in [0.25, 0.3) is 0 Å². The van der Waals surface area contributed by atoms with Gasteiger partial charge < -0.3 is 9.64 Å². The average molecular weight is 407 g/mol. The summed E-state index contributed by atoms with van der Waals surface area (Å²) in [6.45, 7) is 4.51. The molecule has 1 amide bonds. The highest BCUT2D eigenvalue weighted by Crippen LogP contribution is 2.23. The smallest absolute Gasteiger partial charge is 0.325 e. The Balaban J connectivity index is 2.90. The van der Waals surface area contributed by atoms with E-state index < -0.39 is 0 Å². The molecule has 4 nitrogen and oxygen atoms in total. The molecular formula is C14H17Br2NO3. The number of nitrogens with zero attached hydrogens (tertiary/aromatic N) is 1. The van der Waals surface area contributed by atoms with Gasteiger partial charge in [0.05, 0.1) is 12.2 Å². The molecule has 0 saturated heterocycles. The molecule has 1 aromatic rings. The van der Waals surface area contributed by atoms with E-state index in [4.69, 9.17) is 4.74 Å². The van der Waals surface area contributed by atoms with Gasteiger partial charge in [-0.2, -0.15) is 0 Å². The molecule has 1 rings (SSSR count). The first-order valence-electron chi connectivity index (χ1n) is 6.39. The summed E-state index contributed by atoms with van der Waals surface area (Å²) in [6.07, 6.45) is 0.777. The molecule has 0 saturated carbocycles. The van der Waals surface area contributed by atoms with Gasteiger partial charge in [-0.05, 0) is 47.5 Å². The molecule has 0 fully saturated rings. The normalized spacial score (nSPS) is 10.2. The first-order valence-corrected chi connectivity index (χ1v) is 7.98. The second kappa shape index (κ2) is 8.42. The second-order valence-corrected chi connectivity index (χ2v) is 5.93. The molecular weight excluding hydrogens is 390 g/mol. The monoisotopic (exact) mass is 405 g/mol. The van der Waals surface area contributed by atoms with Gasteiger partial charge in [-0.15, -0.1) is 0 Å². The van der Waals surface area contributed by atoms with Crippen molar-refractivity contribution in [3.63, 3.8) is 0 Å². The number of amides is 1. The zero-order chi connectivity index (χ0) is 15.1. The highest BCUT2D eigenvalue weighted by atomic mass is 79.9. The van der Waals surface area contributed by atoms with E-state index in [0.29, 0.717) is 23.2 Å². The van der Waals surface area contributed by atoms with Gasteiger partial charge in [-0.25, -0.2) is 0 Å². The number of carbonyl (C=O) groups excluding carboxylic acids is 2. The van der Waals surface area contributed by atoms with E-state index in [2.05, 4.69) is 31.9 Å². The lowest BCUT2D eigenvalue weighted by Gasteiger charge is -2.21. The standard InChI is InChI=1S/C14H17Br2NO3/c1-3-7-17(9-13(18)20-4-2)14(19)11-6-5-10(15)8-12(11)16/h5-6,8H,3-4,7,9H2,1-2H3. The third kappa shape index (κ3) is 4.90. The van der Waals surface area contributed by atoms with Gasteiger partial charge in [-0.3, -0.25) is 9.59 Å². The van der Waals surface area contributed by atoms with Crippen LogP contribution in [0.3, 0.4) is 0 Å². The van der Waals surface area contributed by atoms with Crippen molar-refractivity contribution >= 4 is 43.7 Å². The maximum absolute atomic E-state index is 12.5. The van der Waals surface area contributed by atoms with Gasteiger partial charge >= 0.3 is 5.97 Å². The third-order valence-corrected chi connectivity index (χ3v) is 3.72. The van der Waals surface area contributed by atoms with Crippen LogP contribution in [0.5, 0.6) is 0 Å². The molecule has 1 aromatic carbocycles. The predicted octanol–water partition coefficient (Wildman–Crippen LogP) is 3.63. The van der Waals surface area contributed by atoms with Crippen molar-refractivity contribution in [1.82, 2.24) is 4.90 Å². The van der Waals surface area contributed by atoms with Gasteiger partial charge in [0.1, 0.15) is 6.54 Å². The summed E-state index contributed by atoms with van der Waals surface area (Å²) in [5, 5.41) is 0. The molecule has 0 heterocycles. The molecule has 0 spiro atoms. The van der Waals surface area contributed by atoms with Crippen molar-refractivity contribution in [2.24, 2.45) is 0 Å². The summed E-state index contributed by atoms with van der Waals surface area (Å²) >= 11 is 6.72. The van der Waals surface area contributed by atoms with Crippen LogP contribution in [-0.2, 0) is 9.53 Å². The molecule has 0 atom stereocenters. The molecule has 6 heteroatoms. The van der Waals surface area contributed by atoms with Crippen LogP contribution in [0.4, 0.5) is 0 Å². The molecule has 0 unspecified atom stereocenters. The van der Waals surface area contributed by atoms with Crippen molar-refractivity contribution in [1.29, 1.82) is 0 Å². The summed E-state index contributed by atoms with van der Waals surface area (Å²) < 4.78 is 6.48. The van der Waals surface area contributed by atoms with Crippen LogP contribution in [-0.4, -0.2) is 36.5 Å². The number of halogens is 2. The lowest BCUT2D eigenvalue weighted by molar-refractivity contribution is -0.143. The fourth-order valence-corrected chi connectivity index (χ4v) is 2.93. The minimum absolute atomic E-state index is 0.0248. The van der Waals surface area contributed by atoms with Crippen molar-refractivity contribution in [2.45, 2.75) is 20.3 Å². The van der Waals surface area contributed by atoms with Crippen LogP contribution in [0.1, 0.15) is 30.6 Å². The minimum Gasteiger partial charge on any atom is -0.465 e. The second-order valence-electron chi connectivity index (χ2n) is 4.16. The molecule has 0 aliphatic rings. The Hall–Kier alpha value is -0.880. The van der Waals surface area contributed by atoms with Gasteiger partial charge in [0, 0.05) is 15.5 Å². The number of benzene rings is 1. The van der Waals surface area contributed by atoms with Crippen LogP contribution in [0, 0.1) is 0 Å². The first-order chi connectivity index (χ1) is 9.49. The van der Waals surface area contributed by atoms with E-state index in [-0.39, 0.29) is 18.4 Å². The van der Waals surface area contributed by atoms with E-state index in [1.165, 1.54) is 4.90 Å². The number of hydrogen-bond donors (Lipinski definition) is 0. The summed E-state index contributed by atoms with van der Waals surface area (Å²) in [6, 6.07) is 5.33. The summed E-state index contributed by atoms with van der Waals surface area (Å²) in [5.74, 6) is -0.568. The fraction of sp³-hybridized carbons (Fsp3) is 0.429. The molecule has 0 aliphatic heterocycles. The van der Waals surface area contributed by atoms with Gasteiger partial charge in [-0.1, -0.05) is 22.9 Å². The van der Waals surface area contributed by atoms with Crippen LogP contribution in [0.2, 0.25) is 0 Å². The quantitative estimate of drug-likeness (QED) is 0.677. The summed E-state index contributed by atoms with van der Waals surface area (Å²) in [4.78, 5) is 25.6. The summed E-state index contributed by atoms with van der Waals surface area (Å²) in [7, 11) is 0. The van der Waals surface area contributed by atoms with Gasteiger partial charge in [0.2, 0.25) is 0 Å². The maximum Gasteiger partial charge on any atom is 0.325 e. The molecule has 0 radical (unpaired) electrons. The Labute approximate surface area is 135 Å². The molecule has 0 aliphatic carbocycles. The summed E-state index contributed by atoms with van der Waals surface area (Å²) in [5.41, 5.74) is 0.533. The SMILES string of the molecule is CCCN(CC(=O)OCC)C(=O)c1ccc(Br)cc1Br. The largest absolute Gasteiger partial charge is 0.465 e. The first kappa shape index (κ1) is 17.2. The zero-order valence-electron chi connectivity index (χ0n) is 11.5. The van der Waals surface area contributed by atoms with Crippen LogP contribution >= 0.6 is 31.9 Å². The number of esters is 1. The Kier molecular flexibility index (Phi) is 7.23. The fourth-order valence-electron chi connectivity index (χ4n) is 1.72. The Morgan fingerprint density at radius 1 is 1.25 bits per heavy atom. The van der Waals surface area contributed by atoms with E-state index in [0.717, 1.165) is 10.9 Å². The molecule has 20 heavy (non-hydrogen) atoms. The lowest BCUT2D eigenvalue weighted by atomic mass is 10.2. The molecule has 110 valence electrons. The Bertz CT molecular complexity index is 491. The number of ether oxygens (including phenoxy) is 1. The minimum atomic E-state index is -0.387. The molecule has 0 bridgehead atoms. The molecule has 0 aromatic heterocycles. The predicted molar refractivity (Wildman–Crippen MR) is 84.7 cm³/mol. The van der Waals surface area contributed by atoms with Gasteiger partial charge in [0.25, 0.3) is 5.91 Å². The zero-order valence-corrected chi connectivity index (χ0v) is 14.7. The molecule has 0 N–H and O–H groups in total. The average Bonchev–Trinajstić information content (AvgIpc) is 2.38. The number of hydrogen-bond acceptors (Lipinski definition) is 3. The van der Waals surface area contributed by atoms with Gasteiger partial charge in [0.15, 0.2) is 0 Å². The van der Waals surface area contributed by atoms with Crippen LogP contribution in [0.15, 0.2) is 27.1 Å². The van der Waals surface area contributed by atoms with Crippen molar-refractivity contribution in [2.75, 3.05) is 19.7 Å². The van der Waals surface area contributed by atoms with Crippen molar-refractivity contribution in [3.8, 4) is 0 Å². The van der Waals surface area contributed by atoms with Crippen LogP contribution < -0.4 is 0 Å². The number of carbonyl (C=O) groups is 2. The van der Waals surface area contributed by atoms with E-state index >= 15 is 0 Å². The van der Waals surface area contributed by atoms with E-state index in [1.807, 2.05) is 13.0 Å². The highest BCUT2D eigenvalue weighted by Gasteiger charge is 2.20. The van der Waals surface area contributed by atoms with E-state index in [9.17, 15) is 9.59 Å².